The van der Waals surface area contributed by atoms with E-state index in [9.17, 15) is 9.59 Å². The Kier molecular flexibility index (Phi) is 9.01. The molecule has 0 atom stereocenters. The summed E-state index contributed by atoms with van der Waals surface area (Å²) in [6.07, 6.45) is 7.66. The van der Waals surface area contributed by atoms with Crippen LogP contribution in [0.5, 0.6) is 17.2 Å². The number of para-hydroxylation sites is 2. The minimum absolute atomic E-state index is 0.135. The molecule has 210 valence electrons. The van der Waals surface area contributed by atoms with Gasteiger partial charge in [0.2, 0.25) is 11.9 Å². The molecule has 0 saturated carbocycles. The van der Waals surface area contributed by atoms with Crippen molar-refractivity contribution in [2.75, 3.05) is 43.0 Å². The molecular formula is C30H34ClN5O4. The summed E-state index contributed by atoms with van der Waals surface area (Å²) in [5.74, 6) is 2.25. The number of piperidine rings is 1. The highest BCUT2D eigenvalue weighted by molar-refractivity contribution is 6.31. The summed E-state index contributed by atoms with van der Waals surface area (Å²) in [6, 6.07) is 12.4. The molecule has 0 unspecified atom stereocenters. The SMILES string of the molecule is CC1CCN(c2ncc(C(=O)N3CCCCCOc4ccccc4Oc4ccc(Cl)cc4NC(=O)C3)cn2)CC1. The lowest BCUT2D eigenvalue weighted by Gasteiger charge is -2.30. The molecule has 1 aromatic heterocycles. The van der Waals surface area contributed by atoms with Crippen LogP contribution in [-0.4, -0.2) is 59.5 Å². The summed E-state index contributed by atoms with van der Waals surface area (Å²) in [5.41, 5.74) is 0.753. The fourth-order valence-electron chi connectivity index (χ4n) is 4.83. The van der Waals surface area contributed by atoms with Crippen LogP contribution in [-0.2, 0) is 4.79 Å². The number of carbonyl (C=O) groups is 2. The van der Waals surface area contributed by atoms with Crippen molar-refractivity contribution in [3.8, 4) is 17.2 Å². The fraction of sp³-hybridized carbons (Fsp3) is 0.400. The van der Waals surface area contributed by atoms with Crippen LogP contribution in [0.25, 0.3) is 0 Å². The first-order chi connectivity index (χ1) is 19.5. The van der Waals surface area contributed by atoms with Gasteiger partial charge in [0, 0.05) is 37.1 Å². The Labute approximate surface area is 239 Å². The molecule has 40 heavy (non-hydrogen) atoms. The zero-order chi connectivity index (χ0) is 27.9. The minimum atomic E-state index is -0.361. The van der Waals surface area contributed by atoms with Gasteiger partial charge in [0.05, 0.1) is 17.9 Å². The lowest BCUT2D eigenvalue weighted by molar-refractivity contribution is -0.116. The van der Waals surface area contributed by atoms with Gasteiger partial charge in [-0.1, -0.05) is 30.7 Å². The Bertz CT molecular complexity index is 1330. The Hall–Kier alpha value is -3.85. The normalized spacial score (nSPS) is 17.3. The van der Waals surface area contributed by atoms with Crippen LogP contribution in [0.2, 0.25) is 5.02 Å². The molecule has 1 fully saturated rings. The van der Waals surface area contributed by atoms with E-state index >= 15 is 0 Å². The summed E-state index contributed by atoms with van der Waals surface area (Å²) in [7, 11) is 0. The van der Waals surface area contributed by atoms with E-state index in [-0.39, 0.29) is 18.4 Å². The minimum Gasteiger partial charge on any atom is -0.490 e. The van der Waals surface area contributed by atoms with Crippen LogP contribution in [0.1, 0.15) is 49.4 Å². The standard InChI is InChI=1S/C30H34ClN5O4/c1-21-11-14-35(15-12-21)30-32-18-22(19-33-30)29(38)36-13-5-2-6-16-39-26-7-3-4-8-27(26)40-25-10-9-23(31)17-24(25)34-28(37)20-36/h3-4,7-10,17-19,21H,2,5-6,11-16,20H2,1H3,(H,34,37). The van der Waals surface area contributed by atoms with Crippen molar-refractivity contribution in [3.05, 3.63) is 65.4 Å². The van der Waals surface area contributed by atoms with Crippen molar-refractivity contribution in [2.24, 2.45) is 5.92 Å². The molecule has 0 spiro atoms. The third kappa shape index (κ3) is 7.01. The van der Waals surface area contributed by atoms with Gasteiger partial charge in [-0.15, -0.1) is 0 Å². The zero-order valence-corrected chi connectivity index (χ0v) is 23.4. The van der Waals surface area contributed by atoms with Gasteiger partial charge in [-0.25, -0.2) is 9.97 Å². The highest BCUT2D eigenvalue weighted by Crippen LogP contribution is 2.36. The molecule has 0 aliphatic carbocycles. The van der Waals surface area contributed by atoms with Crippen LogP contribution in [0, 0.1) is 5.92 Å². The number of benzene rings is 2. The number of aromatic nitrogens is 2. The molecule has 2 aliphatic rings. The molecule has 2 aliphatic heterocycles. The first-order valence-corrected chi connectivity index (χ1v) is 14.2. The highest BCUT2D eigenvalue weighted by Gasteiger charge is 2.23. The van der Waals surface area contributed by atoms with Gasteiger partial charge in [0.1, 0.15) is 6.54 Å². The average Bonchev–Trinajstić information content (AvgIpc) is 2.96. The molecule has 3 heterocycles. The van der Waals surface area contributed by atoms with E-state index in [0.717, 1.165) is 38.8 Å². The van der Waals surface area contributed by atoms with Crippen molar-refractivity contribution in [2.45, 2.75) is 39.0 Å². The second-order valence-corrected chi connectivity index (χ2v) is 10.8. The number of nitrogens with zero attached hydrogens (tertiary/aromatic N) is 4. The second kappa shape index (κ2) is 13.0. The molecule has 0 radical (unpaired) electrons. The number of anilines is 2. The number of rotatable bonds is 2. The van der Waals surface area contributed by atoms with Crippen LogP contribution in [0.4, 0.5) is 11.6 Å². The van der Waals surface area contributed by atoms with Crippen molar-refractivity contribution in [1.82, 2.24) is 14.9 Å². The number of hydrogen-bond acceptors (Lipinski definition) is 7. The molecule has 2 amide bonds. The number of fused-ring (bicyclic) bond motifs is 2. The third-order valence-corrected chi connectivity index (χ3v) is 7.42. The maximum atomic E-state index is 13.5. The molecule has 0 bridgehead atoms. The van der Waals surface area contributed by atoms with E-state index in [4.69, 9.17) is 21.1 Å². The fourth-order valence-corrected chi connectivity index (χ4v) is 5.00. The number of ether oxygens (including phenoxy) is 2. The molecule has 3 aromatic rings. The Morgan fingerprint density at radius 2 is 1.73 bits per heavy atom. The molecule has 9 nitrogen and oxygen atoms in total. The quantitative estimate of drug-likeness (QED) is 0.421. The lowest BCUT2D eigenvalue weighted by Crippen LogP contribution is -2.39. The molecule has 2 aromatic carbocycles. The largest absolute Gasteiger partial charge is 0.490 e. The summed E-state index contributed by atoms with van der Waals surface area (Å²) < 4.78 is 12.1. The zero-order valence-electron chi connectivity index (χ0n) is 22.6. The van der Waals surface area contributed by atoms with E-state index in [0.29, 0.717) is 65.0 Å². The van der Waals surface area contributed by atoms with Gasteiger partial charge >= 0.3 is 0 Å². The monoisotopic (exact) mass is 563 g/mol. The van der Waals surface area contributed by atoms with Crippen molar-refractivity contribution in [3.63, 3.8) is 0 Å². The van der Waals surface area contributed by atoms with E-state index in [2.05, 4.69) is 27.1 Å². The van der Waals surface area contributed by atoms with Gasteiger partial charge in [-0.05, 0) is 68.4 Å². The molecule has 10 heteroatoms. The Morgan fingerprint density at radius 1 is 0.975 bits per heavy atom. The van der Waals surface area contributed by atoms with Crippen LogP contribution in [0.3, 0.4) is 0 Å². The van der Waals surface area contributed by atoms with Gasteiger partial charge in [-0.3, -0.25) is 9.59 Å². The summed E-state index contributed by atoms with van der Waals surface area (Å²) in [6.45, 7) is 4.85. The Morgan fingerprint density at radius 3 is 2.50 bits per heavy atom. The molecule has 1 saturated heterocycles. The maximum absolute atomic E-state index is 13.5. The molecule has 5 rings (SSSR count). The molecular weight excluding hydrogens is 530 g/mol. The number of hydrogen-bond donors (Lipinski definition) is 1. The van der Waals surface area contributed by atoms with Gasteiger partial charge < -0.3 is 24.6 Å². The number of halogens is 1. The van der Waals surface area contributed by atoms with E-state index in [1.807, 2.05) is 24.3 Å². The number of carbonyl (C=O) groups excluding carboxylic acids is 2. The molecule has 1 N–H and O–H groups in total. The topological polar surface area (TPSA) is 96.9 Å². The maximum Gasteiger partial charge on any atom is 0.257 e. The van der Waals surface area contributed by atoms with Gasteiger partial charge in [-0.2, -0.15) is 0 Å². The first kappa shape index (κ1) is 27.7. The van der Waals surface area contributed by atoms with Gasteiger partial charge in [0.25, 0.3) is 5.91 Å². The second-order valence-electron chi connectivity index (χ2n) is 10.3. The highest BCUT2D eigenvalue weighted by atomic mass is 35.5. The average molecular weight is 564 g/mol. The van der Waals surface area contributed by atoms with Gasteiger partial charge in [0.15, 0.2) is 17.2 Å². The summed E-state index contributed by atoms with van der Waals surface area (Å²) in [5, 5.41) is 3.32. The van der Waals surface area contributed by atoms with Crippen molar-refractivity contribution in [1.29, 1.82) is 0 Å². The van der Waals surface area contributed by atoms with Crippen LogP contribution < -0.4 is 19.7 Å². The van der Waals surface area contributed by atoms with E-state index < -0.39 is 0 Å². The number of amides is 2. The van der Waals surface area contributed by atoms with Crippen LogP contribution >= 0.6 is 11.6 Å². The summed E-state index contributed by atoms with van der Waals surface area (Å²) in [4.78, 5) is 39.3. The summed E-state index contributed by atoms with van der Waals surface area (Å²) >= 11 is 6.24. The number of nitrogens with one attached hydrogen (secondary N) is 1. The smallest absolute Gasteiger partial charge is 0.257 e. The third-order valence-electron chi connectivity index (χ3n) is 7.19. The lowest BCUT2D eigenvalue weighted by atomic mass is 10.00. The predicted octanol–water partition coefficient (Wildman–Crippen LogP) is 5.80. The Balaban J connectivity index is 1.34. The first-order valence-electron chi connectivity index (χ1n) is 13.8. The van der Waals surface area contributed by atoms with E-state index in [1.54, 1.807) is 30.6 Å². The van der Waals surface area contributed by atoms with Crippen molar-refractivity contribution >= 4 is 35.1 Å². The predicted molar refractivity (Wildman–Crippen MR) is 154 cm³/mol. The van der Waals surface area contributed by atoms with E-state index in [1.165, 1.54) is 4.90 Å². The van der Waals surface area contributed by atoms with Crippen LogP contribution in [0.15, 0.2) is 54.9 Å². The van der Waals surface area contributed by atoms with Crippen molar-refractivity contribution < 1.29 is 19.1 Å².